The Morgan fingerprint density at radius 3 is 2.48 bits per heavy atom. The van der Waals surface area contributed by atoms with Gasteiger partial charge in [0.15, 0.2) is 0 Å². The number of amides is 1. The van der Waals surface area contributed by atoms with Gasteiger partial charge in [-0.1, -0.05) is 26.5 Å². The summed E-state index contributed by atoms with van der Waals surface area (Å²) >= 11 is 0. The lowest BCUT2D eigenvalue weighted by molar-refractivity contribution is -0.137. The van der Waals surface area contributed by atoms with Crippen LogP contribution in [0.1, 0.15) is 25.2 Å². The molecule has 0 aliphatic rings. The second kappa shape index (κ2) is 8.81. The van der Waals surface area contributed by atoms with Crippen molar-refractivity contribution < 1.29 is 18.0 Å². The van der Waals surface area contributed by atoms with Crippen LogP contribution in [0.3, 0.4) is 0 Å². The molecule has 2 rings (SSSR count). The van der Waals surface area contributed by atoms with Crippen LogP contribution < -0.4 is 10.6 Å². The number of aryl methyl sites for hydroxylation is 1. The Bertz CT molecular complexity index is 745. The van der Waals surface area contributed by atoms with E-state index in [-0.39, 0.29) is 11.6 Å². The zero-order valence-corrected chi connectivity index (χ0v) is 14.1. The average Bonchev–Trinajstić information content (AvgIpc) is 2.56. The van der Waals surface area contributed by atoms with Gasteiger partial charge in [-0.25, -0.2) is 9.97 Å². The van der Waals surface area contributed by atoms with E-state index in [9.17, 15) is 18.0 Å². The summed E-state index contributed by atoms with van der Waals surface area (Å²) in [6, 6.07) is 6.23. The molecular formula is C17H19F3N4O. The molecule has 1 amide bonds. The normalized spacial score (nSPS) is 10.3. The van der Waals surface area contributed by atoms with Crippen LogP contribution >= 0.6 is 0 Å². The third-order valence-corrected chi connectivity index (χ3v) is 2.79. The zero-order chi connectivity index (χ0) is 19.0. The Hall–Kier alpha value is -2.90. The number of carbonyl (C=O) groups excluding carboxylic acids is 1. The minimum Gasteiger partial charge on any atom is -0.340 e. The standard InChI is InChI=1S/C15H13F3N4O.C2H6/c1-3-13(23)21-10-5-4-6-11(7-10)22-14-12(15(16,17)18)8-19-9(2)20-14;1-2/h3-8H,1H2,2H3,(H,21,23)(H,19,20,22);1-2H3. The van der Waals surface area contributed by atoms with E-state index in [1.807, 2.05) is 13.8 Å². The van der Waals surface area contributed by atoms with E-state index in [1.165, 1.54) is 13.0 Å². The molecule has 25 heavy (non-hydrogen) atoms. The van der Waals surface area contributed by atoms with Crippen molar-refractivity contribution in [3.05, 3.63) is 54.5 Å². The van der Waals surface area contributed by atoms with Crippen molar-refractivity contribution in [3.63, 3.8) is 0 Å². The molecule has 0 unspecified atom stereocenters. The van der Waals surface area contributed by atoms with Gasteiger partial charge in [0.1, 0.15) is 17.2 Å². The van der Waals surface area contributed by atoms with Crippen LogP contribution in [0.2, 0.25) is 0 Å². The summed E-state index contributed by atoms with van der Waals surface area (Å²) in [5, 5.41) is 5.13. The molecule has 134 valence electrons. The van der Waals surface area contributed by atoms with Gasteiger partial charge in [0.05, 0.1) is 0 Å². The third-order valence-electron chi connectivity index (χ3n) is 2.79. The Labute approximate surface area is 144 Å². The number of hydrogen-bond acceptors (Lipinski definition) is 4. The molecule has 0 saturated carbocycles. The summed E-state index contributed by atoms with van der Waals surface area (Å²) in [4.78, 5) is 18.6. The summed E-state index contributed by atoms with van der Waals surface area (Å²) in [6.07, 6.45) is -2.76. The zero-order valence-electron chi connectivity index (χ0n) is 14.1. The van der Waals surface area contributed by atoms with Gasteiger partial charge in [-0.15, -0.1) is 0 Å². The van der Waals surface area contributed by atoms with E-state index in [4.69, 9.17) is 0 Å². The topological polar surface area (TPSA) is 66.9 Å². The predicted molar refractivity (Wildman–Crippen MR) is 91.7 cm³/mol. The summed E-state index contributed by atoms with van der Waals surface area (Å²) in [5.74, 6) is -0.565. The fourth-order valence-electron chi connectivity index (χ4n) is 1.78. The van der Waals surface area contributed by atoms with Crippen molar-refractivity contribution in [2.75, 3.05) is 10.6 Å². The first kappa shape index (κ1) is 20.1. The molecule has 1 aromatic carbocycles. The minimum absolute atomic E-state index is 0.205. The predicted octanol–water partition coefficient (Wildman–Crippen LogP) is 4.70. The van der Waals surface area contributed by atoms with Gasteiger partial charge in [0, 0.05) is 17.6 Å². The van der Waals surface area contributed by atoms with E-state index >= 15 is 0 Å². The Kier molecular flexibility index (Phi) is 7.10. The van der Waals surface area contributed by atoms with Crippen molar-refractivity contribution in [1.29, 1.82) is 0 Å². The molecule has 2 aromatic rings. The lowest BCUT2D eigenvalue weighted by atomic mass is 10.2. The van der Waals surface area contributed by atoms with E-state index in [2.05, 4.69) is 27.2 Å². The number of aromatic nitrogens is 2. The number of nitrogens with one attached hydrogen (secondary N) is 2. The van der Waals surface area contributed by atoms with Crippen molar-refractivity contribution in [3.8, 4) is 0 Å². The summed E-state index contributed by atoms with van der Waals surface area (Å²) in [6.45, 7) is 8.82. The molecule has 0 saturated heterocycles. The number of rotatable bonds is 4. The summed E-state index contributed by atoms with van der Waals surface area (Å²) in [7, 11) is 0. The molecule has 1 aromatic heterocycles. The highest BCUT2D eigenvalue weighted by atomic mass is 19.4. The Balaban J connectivity index is 0.00000151. The fourth-order valence-corrected chi connectivity index (χ4v) is 1.78. The molecule has 0 spiro atoms. The number of nitrogens with zero attached hydrogens (tertiary/aromatic N) is 2. The minimum atomic E-state index is -4.58. The lowest BCUT2D eigenvalue weighted by Crippen LogP contribution is -2.12. The van der Waals surface area contributed by atoms with E-state index in [0.717, 1.165) is 12.3 Å². The Morgan fingerprint density at radius 1 is 1.24 bits per heavy atom. The van der Waals surface area contributed by atoms with Crippen molar-refractivity contribution >= 4 is 23.1 Å². The molecule has 0 aliphatic heterocycles. The summed E-state index contributed by atoms with van der Waals surface area (Å²) in [5.41, 5.74) is -0.210. The maximum atomic E-state index is 13.0. The highest BCUT2D eigenvalue weighted by Gasteiger charge is 2.35. The average molecular weight is 352 g/mol. The molecule has 0 aliphatic carbocycles. The quantitative estimate of drug-likeness (QED) is 0.783. The molecule has 0 atom stereocenters. The van der Waals surface area contributed by atoms with Crippen molar-refractivity contribution in [2.24, 2.45) is 0 Å². The molecule has 0 fully saturated rings. The molecule has 1 heterocycles. The second-order valence-electron chi connectivity index (χ2n) is 4.58. The van der Waals surface area contributed by atoms with Crippen LogP contribution in [0.5, 0.6) is 0 Å². The fraction of sp³-hybridized carbons (Fsp3) is 0.235. The molecule has 8 heteroatoms. The number of alkyl halides is 3. The molecule has 0 radical (unpaired) electrons. The van der Waals surface area contributed by atoms with Crippen molar-refractivity contribution in [1.82, 2.24) is 9.97 Å². The first-order valence-electron chi connectivity index (χ1n) is 7.51. The first-order valence-corrected chi connectivity index (χ1v) is 7.51. The summed E-state index contributed by atoms with van der Waals surface area (Å²) < 4.78 is 39.0. The van der Waals surface area contributed by atoms with Gasteiger partial charge in [-0.3, -0.25) is 4.79 Å². The SMILES string of the molecule is C=CC(=O)Nc1cccc(Nc2nc(C)ncc2C(F)(F)F)c1.CC. The molecule has 0 bridgehead atoms. The van der Waals surface area contributed by atoms with E-state index in [0.29, 0.717) is 11.4 Å². The van der Waals surface area contributed by atoms with E-state index < -0.39 is 17.6 Å². The smallest absolute Gasteiger partial charge is 0.340 e. The van der Waals surface area contributed by atoms with Gasteiger partial charge in [-0.2, -0.15) is 13.2 Å². The number of benzene rings is 1. The molecular weight excluding hydrogens is 333 g/mol. The van der Waals surface area contributed by atoms with Crippen LogP contribution in [0.4, 0.5) is 30.4 Å². The maximum Gasteiger partial charge on any atom is 0.421 e. The lowest BCUT2D eigenvalue weighted by Gasteiger charge is -2.14. The van der Waals surface area contributed by atoms with Crippen LogP contribution in [-0.2, 0) is 11.0 Å². The first-order chi connectivity index (χ1) is 11.8. The van der Waals surface area contributed by atoms with Crippen LogP contribution in [-0.4, -0.2) is 15.9 Å². The number of halogens is 3. The van der Waals surface area contributed by atoms with Gasteiger partial charge >= 0.3 is 6.18 Å². The number of carbonyl (C=O) groups is 1. The Morgan fingerprint density at radius 2 is 1.88 bits per heavy atom. The maximum absolute atomic E-state index is 13.0. The largest absolute Gasteiger partial charge is 0.421 e. The molecule has 5 nitrogen and oxygen atoms in total. The van der Waals surface area contributed by atoms with Crippen LogP contribution in [0, 0.1) is 6.92 Å². The van der Waals surface area contributed by atoms with Crippen LogP contribution in [0.15, 0.2) is 43.1 Å². The highest BCUT2D eigenvalue weighted by molar-refractivity contribution is 5.99. The van der Waals surface area contributed by atoms with E-state index in [1.54, 1.807) is 18.2 Å². The second-order valence-corrected chi connectivity index (χ2v) is 4.58. The third kappa shape index (κ3) is 5.91. The van der Waals surface area contributed by atoms with Crippen LogP contribution in [0.25, 0.3) is 0 Å². The molecule has 2 N–H and O–H groups in total. The van der Waals surface area contributed by atoms with Gasteiger partial charge in [0.2, 0.25) is 5.91 Å². The highest BCUT2D eigenvalue weighted by Crippen LogP contribution is 2.34. The van der Waals surface area contributed by atoms with Gasteiger partial charge in [0.25, 0.3) is 0 Å². The van der Waals surface area contributed by atoms with Crippen molar-refractivity contribution in [2.45, 2.75) is 26.9 Å². The van der Waals surface area contributed by atoms with Gasteiger partial charge in [-0.05, 0) is 31.2 Å². The number of anilines is 3. The monoisotopic (exact) mass is 352 g/mol. The van der Waals surface area contributed by atoms with Gasteiger partial charge < -0.3 is 10.6 Å². The number of hydrogen-bond donors (Lipinski definition) is 2.